The number of hydrogen-bond donors (Lipinski definition) is 2. The molecule has 0 saturated carbocycles. The first-order chi connectivity index (χ1) is 9.20. The molecule has 1 saturated heterocycles. The molecule has 3 rings (SSSR count). The van der Waals surface area contributed by atoms with E-state index in [1.54, 1.807) is 25.4 Å². The first kappa shape index (κ1) is 11.5. The lowest BCUT2D eigenvalue weighted by atomic mass is 10.2. The summed E-state index contributed by atoms with van der Waals surface area (Å²) in [5.74, 6) is -0.300. The van der Waals surface area contributed by atoms with E-state index in [9.17, 15) is 9.59 Å². The minimum atomic E-state index is -0.378. The molecule has 0 aromatic carbocycles. The van der Waals surface area contributed by atoms with Gasteiger partial charge >= 0.3 is 6.03 Å². The fourth-order valence-electron chi connectivity index (χ4n) is 2.11. The number of fused-ring (bicyclic) bond motifs is 1. The van der Waals surface area contributed by atoms with Gasteiger partial charge in [-0.05, 0) is 25.1 Å². The van der Waals surface area contributed by atoms with E-state index < -0.39 is 0 Å². The number of carbonyl (C=O) groups is 2. The van der Waals surface area contributed by atoms with Crippen LogP contribution >= 0.6 is 0 Å². The van der Waals surface area contributed by atoms with Crippen molar-refractivity contribution in [1.82, 2.24) is 20.2 Å². The number of likely N-dealkylation sites (N-methyl/N-ethyl adjacent to an activating group) is 1. The third-order valence-electron chi connectivity index (χ3n) is 3.06. The minimum Gasteiger partial charge on any atom is -0.346 e. The zero-order valence-electron chi connectivity index (χ0n) is 10.3. The molecule has 2 aromatic heterocycles. The molecule has 6 heteroatoms. The molecule has 2 aromatic rings. The molecular weight excluding hydrogens is 244 g/mol. The van der Waals surface area contributed by atoms with E-state index in [0.29, 0.717) is 6.54 Å². The summed E-state index contributed by atoms with van der Waals surface area (Å²) in [5.41, 5.74) is 1.86. The Bertz CT molecular complexity index is 701. The highest BCUT2D eigenvalue weighted by Crippen LogP contribution is 2.20. The number of imide groups is 1. The topological polar surface area (TPSA) is 78.1 Å². The Morgan fingerprint density at radius 1 is 1.42 bits per heavy atom. The van der Waals surface area contributed by atoms with Crippen molar-refractivity contribution in [3.05, 3.63) is 35.8 Å². The van der Waals surface area contributed by atoms with E-state index in [1.807, 2.05) is 12.1 Å². The summed E-state index contributed by atoms with van der Waals surface area (Å²) < 4.78 is 0. The second-order valence-corrected chi connectivity index (χ2v) is 4.18. The first-order valence-corrected chi connectivity index (χ1v) is 5.97. The molecule has 3 amide bonds. The van der Waals surface area contributed by atoms with Gasteiger partial charge in [0.1, 0.15) is 11.3 Å². The van der Waals surface area contributed by atoms with Gasteiger partial charge in [0.05, 0.1) is 0 Å². The van der Waals surface area contributed by atoms with Crippen LogP contribution in [-0.2, 0) is 4.79 Å². The lowest BCUT2D eigenvalue weighted by molar-refractivity contribution is -0.122. The van der Waals surface area contributed by atoms with Gasteiger partial charge in [-0.25, -0.2) is 9.78 Å². The summed E-state index contributed by atoms with van der Waals surface area (Å²) >= 11 is 0. The maximum absolute atomic E-state index is 12.0. The molecule has 1 aliphatic rings. The maximum atomic E-state index is 12.0. The van der Waals surface area contributed by atoms with E-state index in [4.69, 9.17) is 0 Å². The Kier molecular flexibility index (Phi) is 2.56. The molecule has 19 heavy (non-hydrogen) atoms. The molecule has 1 fully saturated rings. The van der Waals surface area contributed by atoms with Gasteiger partial charge in [0.2, 0.25) is 0 Å². The molecule has 0 atom stereocenters. The summed E-state index contributed by atoms with van der Waals surface area (Å²) in [6, 6.07) is 3.35. The van der Waals surface area contributed by atoms with Gasteiger partial charge in [0, 0.05) is 29.9 Å². The van der Waals surface area contributed by atoms with Crippen LogP contribution < -0.4 is 5.32 Å². The zero-order valence-corrected chi connectivity index (χ0v) is 10.3. The van der Waals surface area contributed by atoms with Crippen LogP contribution in [-0.4, -0.2) is 33.4 Å². The molecule has 0 bridgehead atoms. The highest BCUT2D eigenvalue weighted by atomic mass is 16.2. The average molecular weight is 256 g/mol. The molecule has 1 aliphatic heterocycles. The fraction of sp³-hybridized carbons (Fsp3) is 0.154. The standard InChI is InChI=1S/C13H12N4O2/c1-2-17-12(18)10(16-13(17)19)6-8-7-15-11-9(8)4-3-5-14-11/h3-7H,2H2,1H3,(H,14,15)(H,16,19)/b10-6-. The number of urea groups is 1. The number of carbonyl (C=O) groups excluding carboxylic acids is 2. The summed E-state index contributed by atoms with van der Waals surface area (Å²) in [7, 11) is 0. The zero-order chi connectivity index (χ0) is 13.4. The highest BCUT2D eigenvalue weighted by Gasteiger charge is 2.32. The van der Waals surface area contributed by atoms with Crippen molar-refractivity contribution in [2.24, 2.45) is 0 Å². The summed E-state index contributed by atoms with van der Waals surface area (Å²) in [5, 5.41) is 3.48. The predicted molar refractivity (Wildman–Crippen MR) is 70.0 cm³/mol. The summed E-state index contributed by atoms with van der Waals surface area (Å²) in [4.78, 5) is 31.9. The van der Waals surface area contributed by atoms with Gasteiger partial charge in [-0.15, -0.1) is 0 Å². The SMILES string of the molecule is CCN1C(=O)N/C(=C\c2c[nH]c3ncccc23)C1=O. The second kappa shape index (κ2) is 4.24. The van der Waals surface area contributed by atoms with E-state index in [0.717, 1.165) is 16.6 Å². The smallest absolute Gasteiger partial charge is 0.328 e. The number of rotatable bonds is 2. The molecule has 2 N–H and O–H groups in total. The summed E-state index contributed by atoms with van der Waals surface area (Å²) in [6.07, 6.45) is 5.12. The van der Waals surface area contributed by atoms with Crippen molar-refractivity contribution in [1.29, 1.82) is 0 Å². The third kappa shape index (κ3) is 1.77. The molecule has 96 valence electrons. The van der Waals surface area contributed by atoms with Crippen molar-refractivity contribution >= 4 is 29.0 Å². The van der Waals surface area contributed by atoms with Crippen LogP contribution in [0.3, 0.4) is 0 Å². The molecule has 0 radical (unpaired) electrons. The van der Waals surface area contributed by atoms with Crippen LogP contribution in [0.1, 0.15) is 12.5 Å². The Hall–Kier alpha value is -2.63. The third-order valence-corrected chi connectivity index (χ3v) is 3.06. The Labute approximate surface area is 109 Å². The van der Waals surface area contributed by atoms with E-state index in [1.165, 1.54) is 4.90 Å². The van der Waals surface area contributed by atoms with Gasteiger partial charge in [-0.3, -0.25) is 9.69 Å². The van der Waals surface area contributed by atoms with Crippen LogP contribution in [0, 0.1) is 0 Å². The van der Waals surface area contributed by atoms with Crippen LogP contribution in [0.25, 0.3) is 17.1 Å². The number of pyridine rings is 1. The van der Waals surface area contributed by atoms with Crippen LogP contribution in [0.5, 0.6) is 0 Å². The molecule has 0 unspecified atom stereocenters. The second-order valence-electron chi connectivity index (χ2n) is 4.18. The molecule has 0 spiro atoms. The maximum Gasteiger partial charge on any atom is 0.328 e. The number of aromatic nitrogens is 2. The van der Waals surface area contributed by atoms with Gasteiger partial charge in [-0.1, -0.05) is 0 Å². The number of H-pyrrole nitrogens is 1. The number of aromatic amines is 1. The van der Waals surface area contributed by atoms with Crippen molar-refractivity contribution in [3.8, 4) is 0 Å². The number of nitrogens with zero attached hydrogens (tertiary/aromatic N) is 2. The Morgan fingerprint density at radius 2 is 2.26 bits per heavy atom. The average Bonchev–Trinajstić information content (AvgIpc) is 2.93. The number of hydrogen-bond acceptors (Lipinski definition) is 3. The van der Waals surface area contributed by atoms with E-state index in [-0.39, 0.29) is 17.6 Å². The Balaban J connectivity index is 2.03. The molecule has 6 nitrogen and oxygen atoms in total. The van der Waals surface area contributed by atoms with Gasteiger partial charge in [-0.2, -0.15) is 0 Å². The van der Waals surface area contributed by atoms with Crippen molar-refractivity contribution < 1.29 is 9.59 Å². The quantitative estimate of drug-likeness (QED) is 0.631. The normalized spacial score (nSPS) is 17.5. The van der Waals surface area contributed by atoms with Crippen molar-refractivity contribution in [2.75, 3.05) is 6.54 Å². The number of amides is 3. The highest BCUT2D eigenvalue weighted by molar-refractivity contribution is 6.14. The molecule has 0 aliphatic carbocycles. The lowest BCUT2D eigenvalue weighted by Gasteiger charge is -2.05. The summed E-state index contributed by atoms with van der Waals surface area (Å²) in [6.45, 7) is 2.12. The van der Waals surface area contributed by atoms with Crippen LogP contribution in [0.2, 0.25) is 0 Å². The first-order valence-electron chi connectivity index (χ1n) is 5.97. The van der Waals surface area contributed by atoms with Crippen LogP contribution in [0.4, 0.5) is 4.79 Å². The predicted octanol–water partition coefficient (Wildman–Crippen LogP) is 1.48. The van der Waals surface area contributed by atoms with Gasteiger partial charge < -0.3 is 10.3 Å². The van der Waals surface area contributed by atoms with Crippen molar-refractivity contribution in [2.45, 2.75) is 6.92 Å². The van der Waals surface area contributed by atoms with Gasteiger partial charge in [0.15, 0.2) is 0 Å². The monoisotopic (exact) mass is 256 g/mol. The minimum absolute atomic E-state index is 0.289. The van der Waals surface area contributed by atoms with Crippen LogP contribution in [0.15, 0.2) is 30.2 Å². The van der Waals surface area contributed by atoms with E-state index >= 15 is 0 Å². The van der Waals surface area contributed by atoms with Gasteiger partial charge in [0.25, 0.3) is 5.91 Å². The molecule has 3 heterocycles. The lowest BCUT2D eigenvalue weighted by Crippen LogP contribution is -2.30. The fourth-order valence-corrected chi connectivity index (χ4v) is 2.11. The van der Waals surface area contributed by atoms with E-state index in [2.05, 4.69) is 15.3 Å². The Morgan fingerprint density at radius 3 is 3.00 bits per heavy atom. The van der Waals surface area contributed by atoms with Crippen molar-refractivity contribution in [3.63, 3.8) is 0 Å². The largest absolute Gasteiger partial charge is 0.346 e. The number of nitrogens with one attached hydrogen (secondary N) is 2. The molecular formula is C13H12N4O2.